The van der Waals surface area contributed by atoms with Crippen LogP contribution in [-0.2, 0) is 0 Å². The van der Waals surface area contributed by atoms with E-state index in [9.17, 15) is 5.11 Å². The third-order valence-corrected chi connectivity index (χ3v) is 9.61. The molecule has 0 spiro atoms. The molecular weight excluding hydrogens is 228 g/mol. The normalized spacial score (nSPS) is 14.5. The van der Waals surface area contributed by atoms with Crippen LogP contribution in [0, 0.1) is 0 Å². The highest BCUT2D eigenvalue weighted by molar-refractivity contribution is 6.81. The zero-order valence-electron chi connectivity index (χ0n) is 11.7. The standard InChI is InChI=1S/C14H24O2Si/c1-14(2,3)17(5,6)13(15)11-7-9-12(16-4)10-8-11/h7-10,13,15H,1-6H3/t13-/m1/s1. The molecule has 0 saturated heterocycles. The van der Waals surface area contributed by atoms with Crippen molar-refractivity contribution >= 4 is 8.07 Å². The number of rotatable bonds is 3. The van der Waals surface area contributed by atoms with Crippen molar-refractivity contribution in [1.29, 1.82) is 0 Å². The molecule has 0 saturated carbocycles. The summed E-state index contributed by atoms with van der Waals surface area (Å²) in [4.78, 5) is 0. The molecule has 2 nitrogen and oxygen atoms in total. The van der Waals surface area contributed by atoms with Crippen molar-refractivity contribution in [2.24, 2.45) is 0 Å². The van der Waals surface area contributed by atoms with Crippen LogP contribution in [0.2, 0.25) is 18.1 Å². The predicted octanol–water partition coefficient (Wildman–Crippen LogP) is 3.78. The van der Waals surface area contributed by atoms with Crippen LogP contribution in [-0.4, -0.2) is 20.3 Å². The van der Waals surface area contributed by atoms with Gasteiger partial charge in [-0.25, -0.2) is 0 Å². The molecule has 1 atom stereocenters. The molecule has 0 aliphatic heterocycles. The Morgan fingerprint density at radius 2 is 1.59 bits per heavy atom. The van der Waals surface area contributed by atoms with Crippen LogP contribution in [0.5, 0.6) is 5.75 Å². The summed E-state index contributed by atoms with van der Waals surface area (Å²) in [5.74, 6) is 0.830. The van der Waals surface area contributed by atoms with Gasteiger partial charge in [-0.05, 0) is 22.7 Å². The number of hydrogen-bond acceptors (Lipinski definition) is 2. The first-order valence-electron chi connectivity index (χ1n) is 6.02. The van der Waals surface area contributed by atoms with Gasteiger partial charge in [0, 0.05) is 0 Å². The van der Waals surface area contributed by atoms with Gasteiger partial charge in [-0.3, -0.25) is 0 Å². The Labute approximate surface area is 106 Å². The Morgan fingerprint density at radius 1 is 1.12 bits per heavy atom. The molecule has 0 heterocycles. The molecule has 1 aromatic rings. The first kappa shape index (κ1) is 14.3. The predicted molar refractivity (Wildman–Crippen MR) is 75.2 cm³/mol. The van der Waals surface area contributed by atoms with Crippen molar-refractivity contribution in [3.8, 4) is 5.75 Å². The number of ether oxygens (including phenoxy) is 1. The molecule has 0 radical (unpaired) electrons. The van der Waals surface area contributed by atoms with E-state index >= 15 is 0 Å². The summed E-state index contributed by atoms with van der Waals surface area (Å²) in [6, 6.07) is 7.74. The van der Waals surface area contributed by atoms with Crippen LogP contribution in [0.4, 0.5) is 0 Å². The highest BCUT2D eigenvalue weighted by Gasteiger charge is 2.42. The maximum Gasteiger partial charge on any atom is 0.118 e. The number of aliphatic hydroxyl groups is 1. The van der Waals surface area contributed by atoms with Crippen LogP contribution in [0.3, 0.4) is 0 Å². The molecule has 1 N–H and O–H groups in total. The summed E-state index contributed by atoms with van der Waals surface area (Å²) in [5, 5.41) is 10.7. The van der Waals surface area contributed by atoms with E-state index < -0.39 is 8.07 Å². The van der Waals surface area contributed by atoms with Gasteiger partial charge in [-0.2, -0.15) is 0 Å². The van der Waals surface area contributed by atoms with Gasteiger partial charge in [0.1, 0.15) is 5.75 Å². The molecule has 0 amide bonds. The van der Waals surface area contributed by atoms with E-state index in [1.807, 2.05) is 24.3 Å². The zero-order valence-corrected chi connectivity index (χ0v) is 12.7. The summed E-state index contributed by atoms with van der Waals surface area (Å²) in [6.45, 7) is 11.1. The van der Waals surface area contributed by atoms with Gasteiger partial charge < -0.3 is 9.84 Å². The maximum absolute atomic E-state index is 10.6. The second kappa shape index (κ2) is 4.82. The van der Waals surface area contributed by atoms with Gasteiger partial charge in [0.25, 0.3) is 0 Å². The molecule has 1 aromatic carbocycles. The monoisotopic (exact) mass is 252 g/mol. The third kappa shape index (κ3) is 2.90. The summed E-state index contributed by atoms with van der Waals surface area (Å²) in [5.41, 5.74) is 0.658. The second-order valence-electron chi connectivity index (χ2n) is 6.15. The fraction of sp³-hybridized carbons (Fsp3) is 0.571. The van der Waals surface area contributed by atoms with Gasteiger partial charge in [-0.1, -0.05) is 46.0 Å². The Balaban J connectivity index is 2.99. The number of hydrogen-bond donors (Lipinski definition) is 1. The van der Waals surface area contributed by atoms with Crippen molar-refractivity contribution < 1.29 is 9.84 Å². The molecule has 0 aliphatic carbocycles. The molecule has 1 rings (SSSR count). The van der Waals surface area contributed by atoms with E-state index in [0.717, 1.165) is 11.3 Å². The summed E-state index contributed by atoms with van der Waals surface area (Å²) >= 11 is 0. The fourth-order valence-corrected chi connectivity index (χ4v) is 3.46. The molecule has 0 aliphatic rings. The van der Waals surface area contributed by atoms with Crippen LogP contribution < -0.4 is 4.74 Å². The highest BCUT2D eigenvalue weighted by atomic mass is 28.3. The minimum atomic E-state index is -1.76. The SMILES string of the molecule is COc1ccc([C@H](O)[Si](C)(C)C(C)(C)C)cc1. The largest absolute Gasteiger partial charge is 0.497 e. The zero-order chi connectivity index (χ0) is 13.3. The smallest absolute Gasteiger partial charge is 0.118 e. The van der Waals surface area contributed by atoms with Gasteiger partial charge in [-0.15, -0.1) is 0 Å². The van der Waals surface area contributed by atoms with Gasteiger partial charge in [0.15, 0.2) is 0 Å². The van der Waals surface area contributed by atoms with Crippen LogP contribution in [0.25, 0.3) is 0 Å². The second-order valence-corrected chi connectivity index (χ2v) is 11.6. The Hall–Kier alpha value is -0.803. The molecular formula is C14H24O2Si. The maximum atomic E-state index is 10.6. The minimum absolute atomic E-state index is 0.173. The van der Waals surface area contributed by atoms with Crippen LogP contribution in [0.1, 0.15) is 32.1 Å². The van der Waals surface area contributed by atoms with E-state index in [-0.39, 0.29) is 10.8 Å². The molecule has 0 fully saturated rings. The van der Waals surface area contributed by atoms with E-state index in [0.29, 0.717) is 0 Å². The highest BCUT2D eigenvalue weighted by Crippen LogP contribution is 2.43. The molecule has 17 heavy (non-hydrogen) atoms. The quantitative estimate of drug-likeness (QED) is 0.830. The third-order valence-electron chi connectivity index (χ3n) is 4.05. The lowest BCUT2D eigenvalue weighted by molar-refractivity contribution is 0.243. The summed E-state index contributed by atoms with van der Waals surface area (Å²) in [6.07, 6.45) is 0. The van der Waals surface area contributed by atoms with Crippen LogP contribution >= 0.6 is 0 Å². The number of benzene rings is 1. The van der Waals surface area contributed by atoms with Gasteiger partial charge >= 0.3 is 0 Å². The Kier molecular flexibility index (Phi) is 4.05. The van der Waals surface area contributed by atoms with Crippen molar-refractivity contribution in [2.45, 2.75) is 44.6 Å². The lowest BCUT2D eigenvalue weighted by Crippen LogP contribution is -2.44. The molecule has 0 unspecified atom stereocenters. The van der Waals surface area contributed by atoms with Gasteiger partial charge in [0.05, 0.1) is 20.9 Å². The average molecular weight is 252 g/mol. The van der Waals surface area contributed by atoms with Crippen molar-refractivity contribution in [3.05, 3.63) is 29.8 Å². The molecule has 3 heteroatoms. The van der Waals surface area contributed by atoms with E-state index in [4.69, 9.17) is 4.74 Å². The first-order chi connectivity index (χ1) is 7.70. The summed E-state index contributed by atoms with van der Waals surface area (Å²) in [7, 11) is -0.110. The van der Waals surface area contributed by atoms with E-state index in [2.05, 4.69) is 33.9 Å². The Morgan fingerprint density at radius 3 is 1.94 bits per heavy atom. The summed E-state index contributed by atoms with van der Waals surface area (Å²) < 4.78 is 5.13. The number of methoxy groups -OCH3 is 1. The Bertz CT molecular complexity index is 363. The van der Waals surface area contributed by atoms with E-state index in [1.54, 1.807) is 7.11 Å². The number of aliphatic hydroxyl groups excluding tert-OH is 1. The van der Waals surface area contributed by atoms with Gasteiger partial charge in [0.2, 0.25) is 0 Å². The van der Waals surface area contributed by atoms with Crippen molar-refractivity contribution in [1.82, 2.24) is 0 Å². The minimum Gasteiger partial charge on any atom is -0.497 e. The molecule has 0 bridgehead atoms. The average Bonchev–Trinajstić information content (AvgIpc) is 2.26. The fourth-order valence-electron chi connectivity index (χ4n) is 1.61. The lowest BCUT2D eigenvalue weighted by Gasteiger charge is -2.40. The van der Waals surface area contributed by atoms with Crippen molar-refractivity contribution in [3.63, 3.8) is 0 Å². The molecule has 0 aromatic heterocycles. The van der Waals surface area contributed by atoms with Crippen molar-refractivity contribution in [2.75, 3.05) is 7.11 Å². The lowest BCUT2D eigenvalue weighted by atomic mass is 10.2. The topological polar surface area (TPSA) is 29.5 Å². The first-order valence-corrected chi connectivity index (χ1v) is 9.10. The van der Waals surface area contributed by atoms with Crippen LogP contribution in [0.15, 0.2) is 24.3 Å². The van der Waals surface area contributed by atoms with E-state index in [1.165, 1.54) is 0 Å². The molecule has 96 valence electrons.